The van der Waals surface area contributed by atoms with Gasteiger partial charge in [0.1, 0.15) is 18.7 Å². The highest BCUT2D eigenvalue weighted by Crippen LogP contribution is 2.18. The Morgan fingerprint density at radius 1 is 1.48 bits per heavy atom. The lowest BCUT2D eigenvalue weighted by Crippen LogP contribution is -2.36. The van der Waals surface area contributed by atoms with Crippen LogP contribution in [0.3, 0.4) is 0 Å². The number of hydrogen-bond acceptors (Lipinski definition) is 5. The molecule has 0 spiro atoms. The Kier molecular flexibility index (Phi) is 4.94. The van der Waals surface area contributed by atoms with E-state index in [0.717, 1.165) is 5.56 Å². The third-order valence-corrected chi connectivity index (χ3v) is 3.05. The molecular formula is C13H17FN6O. The topological polar surface area (TPSA) is 75.9 Å². The van der Waals surface area contributed by atoms with E-state index in [9.17, 15) is 9.18 Å². The molecule has 1 heterocycles. The number of amides is 1. The highest BCUT2D eigenvalue weighted by molar-refractivity contribution is 5.75. The summed E-state index contributed by atoms with van der Waals surface area (Å²) in [5.41, 5.74) is 0.808. The molecule has 2 aromatic rings. The highest BCUT2D eigenvalue weighted by Gasteiger charge is 2.16. The van der Waals surface area contributed by atoms with Crippen LogP contribution in [0.15, 0.2) is 30.6 Å². The lowest BCUT2D eigenvalue weighted by molar-refractivity contribution is -0.122. The number of aromatic nitrogens is 4. The molecule has 1 aromatic heterocycles. The summed E-state index contributed by atoms with van der Waals surface area (Å²) in [6.07, 6.45) is 1.37. The fraction of sp³-hybridized carbons (Fsp3) is 0.385. The largest absolute Gasteiger partial charge is 0.353 e. The minimum Gasteiger partial charge on any atom is -0.353 e. The van der Waals surface area contributed by atoms with Crippen molar-refractivity contribution in [2.45, 2.75) is 12.6 Å². The van der Waals surface area contributed by atoms with Crippen LogP contribution < -0.4 is 5.32 Å². The van der Waals surface area contributed by atoms with Gasteiger partial charge in [0.25, 0.3) is 0 Å². The van der Waals surface area contributed by atoms with Crippen molar-refractivity contribution in [3.63, 3.8) is 0 Å². The summed E-state index contributed by atoms with van der Waals surface area (Å²) < 4.78 is 14.6. The van der Waals surface area contributed by atoms with Crippen molar-refractivity contribution < 1.29 is 9.18 Å². The van der Waals surface area contributed by atoms with Crippen molar-refractivity contribution in [2.24, 2.45) is 0 Å². The van der Waals surface area contributed by atoms with Crippen LogP contribution in [0.5, 0.6) is 0 Å². The molecule has 0 radical (unpaired) electrons. The van der Waals surface area contributed by atoms with Crippen molar-refractivity contribution in [3.05, 3.63) is 42.0 Å². The lowest BCUT2D eigenvalue weighted by Gasteiger charge is -2.25. The Hall–Kier alpha value is -2.35. The molecule has 0 fully saturated rings. The number of tetrazole rings is 1. The predicted octanol–water partition coefficient (Wildman–Crippen LogP) is 0.231. The maximum Gasteiger partial charge on any atom is 0.241 e. The van der Waals surface area contributed by atoms with E-state index in [1.807, 2.05) is 25.1 Å². The Morgan fingerprint density at radius 3 is 2.90 bits per heavy atom. The van der Waals surface area contributed by atoms with E-state index < -0.39 is 0 Å². The van der Waals surface area contributed by atoms with Crippen molar-refractivity contribution in [3.8, 4) is 0 Å². The first kappa shape index (κ1) is 15.0. The van der Waals surface area contributed by atoms with E-state index in [4.69, 9.17) is 0 Å². The highest BCUT2D eigenvalue weighted by atomic mass is 19.1. The first-order valence-corrected chi connectivity index (χ1v) is 6.45. The zero-order valence-corrected chi connectivity index (χ0v) is 11.9. The average Bonchev–Trinajstić information content (AvgIpc) is 2.91. The summed E-state index contributed by atoms with van der Waals surface area (Å²) in [6.45, 7) is 0.424. The average molecular weight is 292 g/mol. The SMILES string of the molecule is CN(C)C(CNC(=O)Cn1cnnn1)c1cccc(F)c1. The maximum absolute atomic E-state index is 13.3. The maximum atomic E-state index is 13.3. The number of benzene rings is 1. The van der Waals surface area contributed by atoms with Crippen LogP contribution in [0.25, 0.3) is 0 Å². The zero-order chi connectivity index (χ0) is 15.2. The van der Waals surface area contributed by atoms with Crippen LogP contribution in [0.2, 0.25) is 0 Å². The number of carbonyl (C=O) groups excluding carboxylic acids is 1. The Morgan fingerprint density at radius 2 is 2.29 bits per heavy atom. The minimum absolute atomic E-state index is 0.0519. The molecule has 21 heavy (non-hydrogen) atoms. The summed E-state index contributed by atoms with van der Waals surface area (Å²) >= 11 is 0. The Balaban J connectivity index is 1.96. The summed E-state index contributed by atoms with van der Waals surface area (Å²) in [6, 6.07) is 6.24. The normalized spacial score (nSPS) is 12.4. The second-order valence-electron chi connectivity index (χ2n) is 4.85. The first-order chi connectivity index (χ1) is 10.1. The van der Waals surface area contributed by atoms with Crippen molar-refractivity contribution in [2.75, 3.05) is 20.6 Å². The summed E-state index contributed by atoms with van der Waals surface area (Å²) in [5.74, 6) is -0.495. The molecule has 0 aliphatic rings. The molecule has 1 aromatic carbocycles. The third kappa shape index (κ3) is 4.32. The fourth-order valence-electron chi connectivity index (χ4n) is 1.98. The van der Waals surface area contributed by atoms with Gasteiger partial charge >= 0.3 is 0 Å². The molecule has 7 nitrogen and oxygen atoms in total. The molecule has 1 unspecified atom stereocenters. The summed E-state index contributed by atoms with van der Waals surface area (Å²) in [7, 11) is 3.76. The van der Waals surface area contributed by atoms with Crippen molar-refractivity contribution in [1.82, 2.24) is 30.4 Å². The van der Waals surface area contributed by atoms with Crippen LogP contribution in [-0.2, 0) is 11.3 Å². The van der Waals surface area contributed by atoms with Gasteiger partial charge < -0.3 is 10.2 Å². The Labute approximate surface area is 121 Å². The molecule has 112 valence electrons. The number of halogens is 1. The number of hydrogen-bond donors (Lipinski definition) is 1. The fourth-order valence-corrected chi connectivity index (χ4v) is 1.98. The van der Waals surface area contributed by atoms with Gasteiger partial charge in [-0.2, -0.15) is 0 Å². The molecule has 0 bridgehead atoms. The zero-order valence-electron chi connectivity index (χ0n) is 11.9. The van der Waals surface area contributed by atoms with Gasteiger partial charge in [0.15, 0.2) is 0 Å². The summed E-state index contributed by atoms with van der Waals surface area (Å²) in [4.78, 5) is 13.7. The van der Waals surface area contributed by atoms with Gasteiger partial charge in [-0.3, -0.25) is 4.79 Å². The van der Waals surface area contributed by atoms with Crippen molar-refractivity contribution >= 4 is 5.91 Å². The van der Waals surface area contributed by atoms with Crippen LogP contribution in [0.1, 0.15) is 11.6 Å². The van der Waals surface area contributed by atoms with E-state index in [2.05, 4.69) is 20.8 Å². The van der Waals surface area contributed by atoms with Gasteiger partial charge in [-0.15, -0.1) is 5.10 Å². The monoisotopic (exact) mass is 292 g/mol. The van der Waals surface area contributed by atoms with Crippen LogP contribution >= 0.6 is 0 Å². The van der Waals surface area contributed by atoms with Crippen LogP contribution in [0.4, 0.5) is 4.39 Å². The first-order valence-electron chi connectivity index (χ1n) is 6.45. The molecule has 0 saturated carbocycles. The van der Waals surface area contributed by atoms with Crippen LogP contribution in [-0.4, -0.2) is 51.7 Å². The van der Waals surface area contributed by atoms with E-state index in [1.54, 1.807) is 6.07 Å². The Bertz CT molecular complexity index is 586. The molecule has 8 heteroatoms. The van der Waals surface area contributed by atoms with Gasteiger partial charge in [-0.25, -0.2) is 9.07 Å². The quantitative estimate of drug-likeness (QED) is 0.825. The minimum atomic E-state index is -0.292. The molecule has 1 atom stereocenters. The number of nitrogens with zero attached hydrogens (tertiary/aromatic N) is 5. The molecule has 2 rings (SSSR count). The molecule has 1 amide bonds. The van der Waals surface area contributed by atoms with Crippen LogP contribution in [0, 0.1) is 5.82 Å². The summed E-state index contributed by atoms with van der Waals surface area (Å²) in [5, 5.41) is 13.3. The molecular weight excluding hydrogens is 275 g/mol. The third-order valence-electron chi connectivity index (χ3n) is 3.05. The second kappa shape index (κ2) is 6.89. The van der Waals surface area contributed by atoms with Gasteiger partial charge in [0.2, 0.25) is 5.91 Å². The van der Waals surface area contributed by atoms with Gasteiger partial charge in [-0.1, -0.05) is 12.1 Å². The second-order valence-corrected chi connectivity index (χ2v) is 4.85. The van der Waals surface area contributed by atoms with E-state index in [-0.39, 0.29) is 24.3 Å². The molecule has 0 aliphatic heterocycles. The van der Waals surface area contributed by atoms with Gasteiger partial charge in [0.05, 0.1) is 6.04 Å². The van der Waals surface area contributed by atoms with E-state index in [1.165, 1.54) is 23.1 Å². The molecule has 0 aliphatic carbocycles. The number of likely N-dealkylation sites (N-methyl/N-ethyl adjacent to an activating group) is 1. The van der Waals surface area contributed by atoms with E-state index in [0.29, 0.717) is 6.54 Å². The standard InChI is InChI=1S/C13H17FN6O/c1-19(2)12(10-4-3-5-11(14)6-10)7-15-13(21)8-20-9-16-17-18-20/h3-6,9,12H,7-8H2,1-2H3,(H,15,21). The van der Waals surface area contributed by atoms with Gasteiger partial charge in [-0.05, 0) is 42.2 Å². The lowest BCUT2D eigenvalue weighted by atomic mass is 10.1. The number of nitrogens with one attached hydrogen (secondary N) is 1. The number of rotatable bonds is 6. The molecule has 0 saturated heterocycles. The van der Waals surface area contributed by atoms with Gasteiger partial charge in [0, 0.05) is 6.54 Å². The van der Waals surface area contributed by atoms with E-state index >= 15 is 0 Å². The van der Waals surface area contributed by atoms with Crippen molar-refractivity contribution in [1.29, 1.82) is 0 Å². The predicted molar refractivity (Wildman–Crippen MR) is 73.7 cm³/mol. The molecule has 1 N–H and O–H groups in total. The smallest absolute Gasteiger partial charge is 0.241 e. The number of carbonyl (C=O) groups is 1.